The molecule has 0 aliphatic heterocycles. The Morgan fingerprint density at radius 3 is 2.35 bits per heavy atom. The second-order valence-electron chi connectivity index (χ2n) is 8.26. The quantitative estimate of drug-likeness (QED) is 0.503. The van der Waals surface area contributed by atoms with Gasteiger partial charge < -0.3 is 10.6 Å². The molecule has 1 amide bonds. The minimum absolute atomic E-state index is 0.0244. The SMILES string of the molecule is O=C(NC1CC1)c1ccc(-c2nc(NC3CC3)c3ncn(-c4ccccc4)c3n2)cc1. The molecule has 2 heterocycles. The maximum Gasteiger partial charge on any atom is 0.251 e. The zero-order chi connectivity index (χ0) is 20.8. The Morgan fingerprint density at radius 2 is 1.65 bits per heavy atom. The summed E-state index contributed by atoms with van der Waals surface area (Å²) in [7, 11) is 0. The molecule has 4 aromatic rings. The Morgan fingerprint density at radius 1 is 0.903 bits per heavy atom. The molecule has 0 saturated heterocycles. The van der Waals surface area contributed by atoms with Crippen LogP contribution < -0.4 is 10.6 Å². The van der Waals surface area contributed by atoms with E-state index < -0.39 is 0 Å². The number of carbonyl (C=O) groups is 1. The summed E-state index contributed by atoms with van der Waals surface area (Å²) < 4.78 is 1.98. The van der Waals surface area contributed by atoms with E-state index in [1.54, 1.807) is 6.33 Å². The van der Waals surface area contributed by atoms with Gasteiger partial charge in [-0.3, -0.25) is 9.36 Å². The summed E-state index contributed by atoms with van der Waals surface area (Å²) in [6.45, 7) is 0. The van der Waals surface area contributed by atoms with Gasteiger partial charge in [-0.15, -0.1) is 0 Å². The predicted octanol–water partition coefficient (Wildman–Crippen LogP) is 3.95. The lowest BCUT2D eigenvalue weighted by Crippen LogP contribution is -2.25. The van der Waals surface area contributed by atoms with Gasteiger partial charge in [0.05, 0.1) is 0 Å². The summed E-state index contributed by atoms with van der Waals surface area (Å²) >= 11 is 0. The molecule has 2 aromatic carbocycles. The number of amides is 1. The van der Waals surface area contributed by atoms with Gasteiger partial charge in [-0.05, 0) is 49.9 Å². The highest BCUT2D eigenvalue weighted by Crippen LogP contribution is 2.30. The van der Waals surface area contributed by atoms with E-state index in [4.69, 9.17) is 9.97 Å². The first-order valence-electron chi connectivity index (χ1n) is 10.7. The van der Waals surface area contributed by atoms with Gasteiger partial charge in [0.2, 0.25) is 0 Å². The van der Waals surface area contributed by atoms with Crippen molar-refractivity contribution in [3.05, 3.63) is 66.5 Å². The third-order valence-electron chi connectivity index (χ3n) is 5.67. The number of fused-ring (bicyclic) bond motifs is 1. The number of aromatic nitrogens is 4. The smallest absolute Gasteiger partial charge is 0.251 e. The van der Waals surface area contributed by atoms with Crippen LogP contribution in [0.1, 0.15) is 36.0 Å². The Bertz CT molecular complexity index is 1260. The van der Waals surface area contributed by atoms with Crippen molar-refractivity contribution in [1.82, 2.24) is 24.8 Å². The fraction of sp³-hybridized carbons (Fsp3) is 0.250. The highest BCUT2D eigenvalue weighted by Gasteiger charge is 2.25. The molecule has 2 saturated carbocycles. The van der Waals surface area contributed by atoms with E-state index in [-0.39, 0.29) is 5.91 Å². The number of anilines is 1. The third-order valence-corrected chi connectivity index (χ3v) is 5.67. The van der Waals surface area contributed by atoms with Crippen molar-refractivity contribution >= 4 is 22.9 Å². The van der Waals surface area contributed by atoms with Crippen molar-refractivity contribution in [3.63, 3.8) is 0 Å². The molecule has 0 spiro atoms. The molecule has 2 fully saturated rings. The largest absolute Gasteiger partial charge is 0.365 e. The second kappa shape index (κ2) is 7.19. The van der Waals surface area contributed by atoms with Crippen LogP contribution in [0.15, 0.2) is 60.9 Å². The van der Waals surface area contributed by atoms with Crippen molar-refractivity contribution in [1.29, 1.82) is 0 Å². The topological polar surface area (TPSA) is 84.7 Å². The van der Waals surface area contributed by atoms with E-state index in [1.807, 2.05) is 59.2 Å². The Balaban J connectivity index is 1.41. The molecule has 0 radical (unpaired) electrons. The van der Waals surface area contributed by atoms with E-state index in [2.05, 4.69) is 15.6 Å². The summed E-state index contributed by atoms with van der Waals surface area (Å²) in [5.41, 5.74) is 4.04. The van der Waals surface area contributed by atoms with Crippen molar-refractivity contribution in [2.24, 2.45) is 0 Å². The molecule has 7 heteroatoms. The van der Waals surface area contributed by atoms with Gasteiger partial charge in [-0.2, -0.15) is 0 Å². The third kappa shape index (κ3) is 3.63. The number of carbonyl (C=O) groups excluding carboxylic acids is 1. The number of imidazole rings is 1. The van der Waals surface area contributed by atoms with Crippen LogP contribution in [0.25, 0.3) is 28.2 Å². The molecular formula is C24H22N6O. The van der Waals surface area contributed by atoms with E-state index >= 15 is 0 Å². The van der Waals surface area contributed by atoms with Crippen LogP contribution in [0, 0.1) is 0 Å². The van der Waals surface area contributed by atoms with Crippen LogP contribution in [0.2, 0.25) is 0 Å². The lowest BCUT2D eigenvalue weighted by Gasteiger charge is -2.10. The fourth-order valence-electron chi connectivity index (χ4n) is 3.60. The molecule has 154 valence electrons. The Hall–Kier alpha value is -3.74. The lowest BCUT2D eigenvalue weighted by molar-refractivity contribution is 0.0951. The summed E-state index contributed by atoms with van der Waals surface area (Å²) in [6, 6.07) is 18.3. The van der Waals surface area contributed by atoms with Gasteiger partial charge >= 0.3 is 0 Å². The second-order valence-corrected chi connectivity index (χ2v) is 8.26. The summed E-state index contributed by atoms with van der Waals surface area (Å²) in [6.07, 6.45) is 6.23. The van der Waals surface area contributed by atoms with E-state index in [1.165, 1.54) is 0 Å². The molecule has 0 atom stereocenters. The average molecular weight is 410 g/mol. The lowest BCUT2D eigenvalue weighted by atomic mass is 10.1. The van der Waals surface area contributed by atoms with E-state index in [9.17, 15) is 4.79 Å². The molecule has 2 N–H and O–H groups in total. The molecule has 0 unspecified atom stereocenters. The van der Waals surface area contributed by atoms with Gasteiger partial charge in [-0.25, -0.2) is 15.0 Å². The van der Waals surface area contributed by atoms with Gasteiger partial charge in [0.15, 0.2) is 22.8 Å². The molecule has 31 heavy (non-hydrogen) atoms. The molecule has 2 aliphatic carbocycles. The standard InChI is InChI=1S/C24H22N6O/c31-24(27-18-12-13-18)16-8-6-15(7-9-16)21-28-22(26-17-10-11-17)20-23(29-21)30(14-25-20)19-4-2-1-3-5-19/h1-9,14,17-18H,10-13H2,(H,27,31)(H,26,28,29). The van der Waals surface area contributed by atoms with Gasteiger partial charge in [0.1, 0.15) is 6.33 Å². The Kier molecular flexibility index (Phi) is 4.19. The maximum absolute atomic E-state index is 12.3. The summed E-state index contributed by atoms with van der Waals surface area (Å²) in [5, 5.41) is 6.52. The minimum Gasteiger partial charge on any atom is -0.365 e. The number of hydrogen-bond donors (Lipinski definition) is 2. The number of nitrogens with zero attached hydrogens (tertiary/aromatic N) is 4. The normalized spacial score (nSPS) is 15.7. The first kappa shape index (κ1) is 18.1. The monoisotopic (exact) mass is 410 g/mol. The van der Waals surface area contributed by atoms with Gasteiger partial charge in [0, 0.05) is 28.9 Å². The van der Waals surface area contributed by atoms with E-state index in [0.717, 1.165) is 53.9 Å². The van der Waals surface area contributed by atoms with Crippen molar-refractivity contribution in [2.45, 2.75) is 37.8 Å². The number of hydrogen-bond acceptors (Lipinski definition) is 5. The highest BCUT2D eigenvalue weighted by atomic mass is 16.1. The average Bonchev–Trinajstić information content (AvgIpc) is 3.74. The predicted molar refractivity (Wildman–Crippen MR) is 119 cm³/mol. The molecule has 2 aliphatic rings. The van der Waals surface area contributed by atoms with Gasteiger partial charge in [-0.1, -0.05) is 30.3 Å². The van der Waals surface area contributed by atoms with Gasteiger partial charge in [0.25, 0.3) is 5.91 Å². The zero-order valence-corrected chi connectivity index (χ0v) is 17.0. The van der Waals surface area contributed by atoms with Crippen LogP contribution in [0.4, 0.5) is 5.82 Å². The summed E-state index contributed by atoms with van der Waals surface area (Å²) in [5.74, 6) is 1.35. The number of rotatable bonds is 6. The minimum atomic E-state index is -0.0244. The summed E-state index contributed by atoms with van der Waals surface area (Å²) in [4.78, 5) is 26.6. The van der Waals surface area contributed by atoms with E-state index in [0.29, 0.717) is 23.5 Å². The first-order chi connectivity index (χ1) is 15.2. The molecular weight excluding hydrogens is 388 g/mol. The number of para-hydroxylation sites is 1. The van der Waals surface area contributed by atoms with Crippen molar-refractivity contribution in [2.75, 3.05) is 5.32 Å². The fourth-order valence-corrected chi connectivity index (χ4v) is 3.60. The zero-order valence-electron chi connectivity index (χ0n) is 17.0. The van der Waals surface area contributed by atoms with Crippen LogP contribution in [-0.4, -0.2) is 37.5 Å². The number of benzene rings is 2. The van der Waals surface area contributed by atoms with Crippen LogP contribution in [-0.2, 0) is 0 Å². The maximum atomic E-state index is 12.3. The van der Waals surface area contributed by atoms with Crippen molar-refractivity contribution in [3.8, 4) is 17.1 Å². The number of nitrogens with one attached hydrogen (secondary N) is 2. The molecule has 0 bridgehead atoms. The van der Waals surface area contributed by atoms with Crippen LogP contribution in [0.5, 0.6) is 0 Å². The molecule has 6 rings (SSSR count). The highest BCUT2D eigenvalue weighted by molar-refractivity contribution is 5.95. The van der Waals surface area contributed by atoms with Crippen molar-refractivity contribution < 1.29 is 4.79 Å². The van der Waals surface area contributed by atoms with Crippen LogP contribution >= 0.6 is 0 Å². The van der Waals surface area contributed by atoms with Crippen LogP contribution in [0.3, 0.4) is 0 Å². The molecule has 7 nitrogen and oxygen atoms in total. The molecule has 2 aromatic heterocycles. The Labute approximate surface area is 179 Å². The first-order valence-corrected chi connectivity index (χ1v) is 10.7.